The van der Waals surface area contributed by atoms with E-state index in [2.05, 4.69) is 301 Å². The van der Waals surface area contributed by atoms with Crippen molar-refractivity contribution in [3.8, 4) is 55.6 Å². The number of rotatable bonds is 19. The lowest BCUT2D eigenvalue weighted by atomic mass is 9.66. The molecule has 12 aromatic carbocycles. The van der Waals surface area contributed by atoms with Gasteiger partial charge in [-0.1, -0.05) is 375 Å². The minimum absolute atomic E-state index is 0.0259. The zero-order valence-electron chi connectivity index (χ0n) is 63.2. The first-order valence-electron chi connectivity index (χ1n) is 38.5. The Hall–Kier alpha value is -8.32. The second kappa shape index (κ2) is 29.1. The summed E-state index contributed by atoms with van der Waals surface area (Å²) in [7, 11) is 0. The summed E-state index contributed by atoms with van der Waals surface area (Å²) in [5.74, 6) is 0. The lowest BCUT2D eigenvalue weighted by Crippen LogP contribution is -2.29. The van der Waals surface area contributed by atoms with Gasteiger partial charge in [0, 0.05) is 5.41 Å². The maximum atomic E-state index is 2.78. The van der Waals surface area contributed by atoms with Crippen molar-refractivity contribution in [2.24, 2.45) is 0 Å². The molecule has 0 bridgehead atoms. The highest BCUT2D eigenvalue weighted by atomic mass is 14.5. The minimum atomic E-state index is -0.543. The molecule has 99 heavy (non-hydrogen) atoms. The number of benzene rings is 12. The van der Waals surface area contributed by atoms with E-state index >= 15 is 0 Å². The van der Waals surface area contributed by atoms with Gasteiger partial charge in [0.2, 0.25) is 0 Å². The number of unbranched alkanes of at least 4 members (excludes halogenated alkanes) is 10. The molecule has 0 saturated carbocycles. The molecule has 0 N–H and O–H groups in total. The summed E-state index contributed by atoms with van der Waals surface area (Å²) < 4.78 is 0. The maximum Gasteiger partial charge on any atom is 0.0713 e. The van der Waals surface area contributed by atoms with Crippen molar-refractivity contribution in [3.63, 3.8) is 0 Å². The molecule has 2 aliphatic carbocycles. The molecule has 0 aromatic heterocycles. The van der Waals surface area contributed by atoms with Crippen LogP contribution in [0.15, 0.2) is 218 Å². The van der Waals surface area contributed by atoms with Gasteiger partial charge in [-0.2, -0.15) is 0 Å². The van der Waals surface area contributed by atoms with E-state index in [9.17, 15) is 0 Å². The predicted octanol–water partition coefficient (Wildman–Crippen LogP) is 29.7. The molecule has 14 rings (SSSR count). The molecule has 0 heterocycles. The summed E-state index contributed by atoms with van der Waals surface area (Å²) in [5.41, 5.74) is 26.6. The molecule has 0 nitrogen and oxygen atoms in total. The number of fused-ring (bicyclic) bond motifs is 10. The van der Waals surface area contributed by atoms with Crippen LogP contribution >= 0.6 is 0 Å². The SMILES string of the molecule is CC.CC.CCCCCCCCC1(CCCCCCCC)c2cc(-c3ccc4c(-c5cccc6ccccc56)c5cc(C(C)(C)C)ccc5c(-c5cccc6ccccc56)c4c3)ccc2-c2cc3c(cc21)-c1ccc(C)cc1C3(c1ccc(C(C)(C)C)cc1)c1ccc(C(C)(C)C)cc1. The molecule has 2 aliphatic rings. The molecular formula is C99H112. The van der Waals surface area contributed by atoms with Crippen molar-refractivity contribution < 1.29 is 0 Å². The van der Waals surface area contributed by atoms with E-state index in [-0.39, 0.29) is 21.7 Å². The molecule has 0 amide bonds. The molecule has 12 aromatic rings. The quantitative estimate of drug-likeness (QED) is 0.0559. The van der Waals surface area contributed by atoms with Crippen LogP contribution in [0.2, 0.25) is 0 Å². The maximum absolute atomic E-state index is 2.78. The highest BCUT2D eigenvalue weighted by Gasteiger charge is 2.50. The van der Waals surface area contributed by atoms with Gasteiger partial charge >= 0.3 is 0 Å². The second-order valence-electron chi connectivity index (χ2n) is 31.8. The molecule has 0 aliphatic heterocycles. The van der Waals surface area contributed by atoms with Gasteiger partial charge in [0.1, 0.15) is 0 Å². The fourth-order valence-corrected chi connectivity index (χ4v) is 17.2. The first-order valence-corrected chi connectivity index (χ1v) is 38.5. The summed E-state index contributed by atoms with van der Waals surface area (Å²) >= 11 is 0. The Morgan fingerprint density at radius 1 is 0.283 bits per heavy atom. The molecule has 0 spiro atoms. The number of aryl methyl sites for hydroxylation is 1. The summed E-state index contributed by atoms with van der Waals surface area (Å²) in [4.78, 5) is 0. The number of hydrogen-bond donors (Lipinski definition) is 0. The third-order valence-corrected chi connectivity index (χ3v) is 22.5. The summed E-state index contributed by atoms with van der Waals surface area (Å²) in [6.07, 6.45) is 17.6. The van der Waals surface area contributed by atoms with Crippen LogP contribution in [0.3, 0.4) is 0 Å². The van der Waals surface area contributed by atoms with Gasteiger partial charge in [0.05, 0.1) is 5.41 Å². The third-order valence-electron chi connectivity index (χ3n) is 22.5. The first kappa shape index (κ1) is 70.5. The smallest absolute Gasteiger partial charge is 0.0683 e. The van der Waals surface area contributed by atoms with Gasteiger partial charge in [-0.05, 0) is 215 Å². The van der Waals surface area contributed by atoms with E-state index < -0.39 is 5.41 Å². The Labute approximate surface area is 596 Å². The Bertz CT molecular complexity index is 4760. The zero-order chi connectivity index (χ0) is 70.0. The minimum Gasteiger partial charge on any atom is -0.0683 e. The average Bonchev–Trinajstić information content (AvgIpc) is 1.55. The van der Waals surface area contributed by atoms with Crippen molar-refractivity contribution in [2.45, 2.75) is 228 Å². The highest BCUT2D eigenvalue weighted by Crippen LogP contribution is 2.63. The van der Waals surface area contributed by atoms with Gasteiger partial charge in [0.15, 0.2) is 0 Å². The Balaban J connectivity index is 0.00000229. The van der Waals surface area contributed by atoms with Crippen LogP contribution in [0.4, 0.5) is 0 Å². The van der Waals surface area contributed by atoms with Crippen LogP contribution in [0.5, 0.6) is 0 Å². The van der Waals surface area contributed by atoms with E-state index in [0.29, 0.717) is 0 Å². The van der Waals surface area contributed by atoms with Crippen molar-refractivity contribution in [2.75, 3.05) is 0 Å². The molecular weight excluding hydrogens is 1190 g/mol. The molecule has 0 unspecified atom stereocenters. The third kappa shape index (κ3) is 13.1. The van der Waals surface area contributed by atoms with Crippen molar-refractivity contribution in [1.82, 2.24) is 0 Å². The molecule has 0 fully saturated rings. The largest absolute Gasteiger partial charge is 0.0713 e. The van der Waals surface area contributed by atoms with Crippen LogP contribution in [0.1, 0.15) is 249 Å². The van der Waals surface area contributed by atoms with Crippen LogP contribution in [-0.4, -0.2) is 0 Å². The van der Waals surface area contributed by atoms with Gasteiger partial charge in [-0.3, -0.25) is 0 Å². The van der Waals surface area contributed by atoms with Crippen LogP contribution in [0, 0.1) is 6.92 Å². The first-order chi connectivity index (χ1) is 47.8. The second-order valence-corrected chi connectivity index (χ2v) is 31.8. The topological polar surface area (TPSA) is 0 Å². The number of hydrogen-bond acceptors (Lipinski definition) is 0. The Morgan fingerprint density at radius 2 is 0.677 bits per heavy atom. The Morgan fingerprint density at radius 3 is 1.20 bits per heavy atom. The highest BCUT2D eigenvalue weighted by molar-refractivity contribution is 6.26. The van der Waals surface area contributed by atoms with E-state index in [1.807, 2.05) is 27.7 Å². The molecule has 0 radical (unpaired) electrons. The van der Waals surface area contributed by atoms with Gasteiger partial charge in [-0.25, -0.2) is 0 Å². The van der Waals surface area contributed by atoms with Crippen molar-refractivity contribution in [1.29, 1.82) is 0 Å². The fourth-order valence-electron chi connectivity index (χ4n) is 17.2. The van der Waals surface area contributed by atoms with Gasteiger partial charge in [0.25, 0.3) is 0 Å². The van der Waals surface area contributed by atoms with Gasteiger partial charge < -0.3 is 0 Å². The lowest BCUT2D eigenvalue weighted by molar-refractivity contribution is 0.398. The van der Waals surface area contributed by atoms with E-state index in [1.165, 1.54) is 226 Å². The molecule has 0 saturated heterocycles. The van der Waals surface area contributed by atoms with Crippen LogP contribution in [0.25, 0.3) is 98.7 Å². The summed E-state index contributed by atoms with van der Waals surface area (Å²) in [5, 5.41) is 10.3. The lowest BCUT2D eigenvalue weighted by Gasteiger charge is -2.36. The van der Waals surface area contributed by atoms with Gasteiger partial charge in [-0.15, -0.1) is 0 Å². The predicted molar refractivity (Wildman–Crippen MR) is 436 cm³/mol. The standard InChI is InChI=1S/C95H100.2C2H6/c1-13-15-17-19-21-27-55-94(56-28-22-20-18-16-14-2)85-59-67(40-52-75(85)81-62-88-82(61-86(81)94)76-51-39-63(3)57-87(76)95(88,70-46-42-68(43-47-70)91(4,5)6)71-48-44-69(45-49-71)92(7,8)9)66-41-53-79-83(58-66)89(77-37-29-33-64-31-23-25-35-73(64)77)80-54-50-72(93(10,11)12)60-84(80)90(79)78-38-30-34-65-32-24-26-36-74(65)78;2*1-2/h23-26,29-54,57-62H,13-22,27-28,55-56H2,1-12H3;2*1-2H3. The van der Waals surface area contributed by atoms with Crippen molar-refractivity contribution in [3.05, 3.63) is 274 Å². The summed E-state index contributed by atoms with van der Waals surface area (Å²) in [6.45, 7) is 36.1. The fraction of sp³-hybridized carbons (Fsp3) is 0.354. The van der Waals surface area contributed by atoms with E-state index in [1.54, 1.807) is 5.56 Å². The normalized spacial score (nSPS) is 13.6. The van der Waals surface area contributed by atoms with Crippen molar-refractivity contribution >= 4 is 43.1 Å². The average molecular weight is 1300 g/mol. The van der Waals surface area contributed by atoms with E-state index in [0.717, 1.165) is 12.8 Å². The van der Waals surface area contributed by atoms with Crippen LogP contribution in [-0.2, 0) is 27.1 Å². The summed E-state index contributed by atoms with van der Waals surface area (Å²) in [6, 6.07) is 87.3. The Kier molecular flexibility index (Phi) is 20.7. The molecule has 0 atom stereocenters. The molecule has 508 valence electrons. The van der Waals surface area contributed by atoms with E-state index in [4.69, 9.17) is 0 Å². The monoisotopic (exact) mass is 1300 g/mol. The van der Waals surface area contributed by atoms with Crippen LogP contribution < -0.4 is 0 Å². The molecule has 0 heteroatoms. The zero-order valence-corrected chi connectivity index (χ0v) is 63.2.